The maximum absolute atomic E-state index is 12.4. The van der Waals surface area contributed by atoms with Gasteiger partial charge < -0.3 is 10.0 Å². The Hall–Kier alpha value is -1.27. The number of hydrogen-bond acceptors (Lipinski definition) is 2. The summed E-state index contributed by atoms with van der Waals surface area (Å²) in [5, 5.41) is 8.92. The van der Waals surface area contributed by atoms with Gasteiger partial charge in [-0.3, -0.25) is 4.79 Å². The number of amides is 1. The average Bonchev–Trinajstić information content (AvgIpc) is 2.09. The molecule has 0 spiro atoms. The molecule has 0 saturated carbocycles. The quantitative estimate of drug-likeness (QED) is 0.834. The summed E-state index contributed by atoms with van der Waals surface area (Å²) in [6.45, 7) is 5.61. The van der Waals surface area contributed by atoms with Crippen molar-refractivity contribution in [2.45, 2.75) is 46.0 Å². The molecule has 0 aromatic heterocycles. The highest BCUT2D eigenvalue weighted by Gasteiger charge is 2.47. The molecule has 7 heteroatoms. The standard InChI is InChI=1S/C10H16F3NO3/c1-5(2)7(8(15)16)14(6(3)4)9(17)10(11,12)13/h5-7H,1-4H3,(H,15,16). The van der Waals surface area contributed by atoms with E-state index in [1.54, 1.807) is 0 Å². The zero-order chi connectivity index (χ0) is 14.0. The summed E-state index contributed by atoms with van der Waals surface area (Å²) in [7, 11) is 0. The number of carbonyl (C=O) groups is 2. The van der Waals surface area contributed by atoms with Crippen LogP contribution >= 0.6 is 0 Å². The van der Waals surface area contributed by atoms with Gasteiger partial charge in [0, 0.05) is 6.04 Å². The Kier molecular flexibility index (Phi) is 4.97. The Balaban J connectivity index is 5.36. The lowest BCUT2D eigenvalue weighted by atomic mass is 10.0. The van der Waals surface area contributed by atoms with E-state index in [-0.39, 0.29) is 0 Å². The molecule has 0 bridgehead atoms. The second-order valence-corrected chi connectivity index (χ2v) is 4.33. The summed E-state index contributed by atoms with van der Waals surface area (Å²) in [6, 6.07) is -2.32. The van der Waals surface area contributed by atoms with E-state index in [2.05, 4.69) is 0 Å². The molecule has 0 aliphatic heterocycles. The molecule has 1 unspecified atom stereocenters. The molecule has 0 aromatic rings. The molecule has 0 aromatic carbocycles. The zero-order valence-corrected chi connectivity index (χ0v) is 10.1. The van der Waals surface area contributed by atoms with Crippen molar-refractivity contribution in [3.05, 3.63) is 0 Å². The maximum Gasteiger partial charge on any atom is 0.471 e. The predicted octanol–water partition coefficient (Wildman–Crippen LogP) is 1.89. The SMILES string of the molecule is CC(C)C(C(=O)O)N(C(=O)C(F)(F)F)C(C)C. The Labute approximate surface area is 97.4 Å². The molecule has 100 valence electrons. The van der Waals surface area contributed by atoms with Crippen LogP contribution in [0.3, 0.4) is 0 Å². The van der Waals surface area contributed by atoms with E-state index in [0.717, 1.165) is 0 Å². The molecule has 0 saturated heterocycles. The normalized spacial score (nSPS) is 13.9. The van der Waals surface area contributed by atoms with Crippen LogP contribution in [0.2, 0.25) is 0 Å². The van der Waals surface area contributed by atoms with Crippen LogP contribution in [0.15, 0.2) is 0 Å². The van der Waals surface area contributed by atoms with Gasteiger partial charge in [-0.2, -0.15) is 13.2 Å². The van der Waals surface area contributed by atoms with Crippen molar-refractivity contribution in [2.75, 3.05) is 0 Å². The van der Waals surface area contributed by atoms with E-state index >= 15 is 0 Å². The molecule has 0 heterocycles. The zero-order valence-electron chi connectivity index (χ0n) is 10.1. The summed E-state index contributed by atoms with van der Waals surface area (Å²) >= 11 is 0. The van der Waals surface area contributed by atoms with Gasteiger partial charge in [0.15, 0.2) is 0 Å². The Morgan fingerprint density at radius 1 is 1.12 bits per heavy atom. The number of rotatable bonds is 4. The van der Waals surface area contributed by atoms with E-state index < -0.39 is 36.1 Å². The molecule has 0 fully saturated rings. The Morgan fingerprint density at radius 3 is 1.71 bits per heavy atom. The topological polar surface area (TPSA) is 57.6 Å². The van der Waals surface area contributed by atoms with Crippen LogP contribution in [0.4, 0.5) is 13.2 Å². The lowest BCUT2D eigenvalue weighted by Gasteiger charge is -2.35. The fourth-order valence-corrected chi connectivity index (χ4v) is 1.55. The third-order valence-corrected chi connectivity index (χ3v) is 2.22. The van der Waals surface area contributed by atoms with Gasteiger partial charge in [0.25, 0.3) is 0 Å². The molecule has 0 aliphatic carbocycles. The van der Waals surface area contributed by atoms with Crippen LogP contribution in [0.25, 0.3) is 0 Å². The van der Waals surface area contributed by atoms with Gasteiger partial charge in [-0.1, -0.05) is 13.8 Å². The number of carbonyl (C=O) groups excluding carboxylic acids is 1. The largest absolute Gasteiger partial charge is 0.480 e. The van der Waals surface area contributed by atoms with Gasteiger partial charge in [0.05, 0.1) is 0 Å². The van der Waals surface area contributed by atoms with Crippen LogP contribution in [-0.4, -0.2) is 40.1 Å². The fraction of sp³-hybridized carbons (Fsp3) is 0.800. The van der Waals surface area contributed by atoms with Gasteiger partial charge in [-0.05, 0) is 19.8 Å². The van der Waals surface area contributed by atoms with E-state index in [1.165, 1.54) is 27.7 Å². The van der Waals surface area contributed by atoms with Crippen molar-refractivity contribution in [2.24, 2.45) is 5.92 Å². The number of carboxylic acid groups (broad SMARTS) is 1. The van der Waals surface area contributed by atoms with Crippen LogP contribution in [0, 0.1) is 5.92 Å². The number of alkyl halides is 3. The van der Waals surface area contributed by atoms with Crippen molar-refractivity contribution < 1.29 is 27.9 Å². The number of hydrogen-bond donors (Lipinski definition) is 1. The van der Waals surface area contributed by atoms with E-state index in [1.807, 2.05) is 0 Å². The molecular formula is C10H16F3NO3. The number of nitrogens with zero attached hydrogens (tertiary/aromatic N) is 1. The molecular weight excluding hydrogens is 239 g/mol. The van der Waals surface area contributed by atoms with Crippen LogP contribution < -0.4 is 0 Å². The minimum Gasteiger partial charge on any atom is -0.480 e. The Morgan fingerprint density at radius 2 is 1.53 bits per heavy atom. The molecule has 1 N–H and O–H groups in total. The highest BCUT2D eigenvalue weighted by atomic mass is 19.4. The van der Waals surface area contributed by atoms with Crippen molar-refractivity contribution in [3.8, 4) is 0 Å². The second-order valence-electron chi connectivity index (χ2n) is 4.33. The van der Waals surface area contributed by atoms with Gasteiger partial charge in [0.2, 0.25) is 0 Å². The number of aliphatic carboxylic acids is 1. The molecule has 17 heavy (non-hydrogen) atoms. The van der Waals surface area contributed by atoms with Gasteiger partial charge in [-0.15, -0.1) is 0 Å². The lowest BCUT2D eigenvalue weighted by Crippen LogP contribution is -2.55. The number of halogens is 3. The van der Waals surface area contributed by atoms with Gasteiger partial charge in [0.1, 0.15) is 6.04 Å². The first-order chi connectivity index (χ1) is 7.50. The first kappa shape index (κ1) is 15.7. The summed E-state index contributed by atoms with van der Waals surface area (Å²) in [5.41, 5.74) is 0. The summed E-state index contributed by atoms with van der Waals surface area (Å²) in [4.78, 5) is 22.5. The highest BCUT2D eigenvalue weighted by molar-refractivity contribution is 5.87. The third kappa shape index (κ3) is 3.90. The summed E-state index contributed by atoms with van der Waals surface area (Å²) < 4.78 is 37.1. The molecule has 0 aliphatic rings. The van der Waals surface area contributed by atoms with Crippen LogP contribution in [0.5, 0.6) is 0 Å². The molecule has 0 rings (SSSR count). The van der Waals surface area contributed by atoms with E-state index in [4.69, 9.17) is 5.11 Å². The number of carboxylic acids is 1. The smallest absolute Gasteiger partial charge is 0.471 e. The summed E-state index contributed by atoms with van der Waals surface area (Å²) in [5.74, 6) is -4.17. The lowest BCUT2D eigenvalue weighted by molar-refractivity contribution is -0.193. The molecule has 1 atom stereocenters. The van der Waals surface area contributed by atoms with Gasteiger partial charge >= 0.3 is 18.1 Å². The van der Waals surface area contributed by atoms with Crippen molar-refractivity contribution >= 4 is 11.9 Å². The fourth-order valence-electron chi connectivity index (χ4n) is 1.55. The van der Waals surface area contributed by atoms with Gasteiger partial charge in [-0.25, -0.2) is 4.79 Å². The Bertz CT molecular complexity index is 300. The first-order valence-corrected chi connectivity index (χ1v) is 5.12. The minimum absolute atomic E-state index is 0.368. The van der Waals surface area contributed by atoms with Crippen LogP contribution in [-0.2, 0) is 9.59 Å². The monoisotopic (exact) mass is 255 g/mol. The maximum atomic E-state index is 12.4. The van der Waals surface area contributed by atoms with E-state index in [0.29, 0.717) is 4.90 Å². The third-order valence-electron chi connectivity index (χ3n) is 2.22. The first-order valence-electron chi connectivity index (χ1n) is 5.12. The van der Waals surface area contributed by atoms with Crippen molar-refractivity contribution in [3.63, 3.8) is 0 Å². The predicted molar refractivity (Wildman–Crippen MR) is 54.3 cm³/mol. The van der Waals surface area contributed by atoms with E-state index in [9.17, 15) is 22.8 Å². The van der Waals surface area contributed by atoms with Crippen molar-refractivity contribution in [1.29, 1.82) is 0 Å². The highest BCUT2D eigenvalue weighted by Crippen LogP contribution is 2.24. The molecule has 1 amide bonds. The van der Waals surface area contributed by atoms with Crippen molar-refractivity contribution in [1.82, 2.24) is 4.90 Å². The second kappa shape index (κ2) is 5.37. The molecule has 4 nitrogen and oxygen atoms in total. The molecule has 0 radical (unpaired) electrons. The van der Waals surface area contributed by atoms with Crippen LogP contribution in [0.1, 0.15) is 27.7 Å². The summed E-state index contributed by atoms with van der Waals surface area (Å²) in [6.07, 6.45) is -5.06. The average molecular weight is 255 g/mol. The minimum atomic E-state index is -5.06.